The molecule has 0 radical (unpaired) electrons. The molecule has 1 fully saturated rings. The number of amides is 1. The third-order valence-electron chi connectivity index (χ3n) is 1.71. The zero-order valence-electron chi connectivity index (χ0n) is 6.16. The maximum Gasteiger partial charge on any atom is 0.407 e. The van der Waals surface area contributed by atoms with E-state index in [1.165, 1.54) is 0 Å². The van der Waals surface area contributed by atoms with E-state index in [1.807, 2.05) is 6.92 Å². The first-order valence-corrected chi connectivity index (χ1v) is 3.76. The summed E-state index contributed by atoms with van der Waals surface area (Å²) >= 11 is 4.75. The summed E-state index contributed by atoms with van der Waals surface area (Å²) in [6, 6.07) is 0. The second kappa shape index (κ2) is 3.04. The van der Waals surface area contributed by atoms with Crippen molar-refractivity contribution >= 4 is 23.3 Å². The average Bonchev–Trinajstić information content (AvgIpc) is 2.34. The minimum absolute atomic E-state index is 0.0519. The van der Waals surface area contributed by atoms with Crippen molar-refractivity contribution in [3.63, 3.8) is 0 Å². The molecule has 2 atom stereocenters. The van der Waals surface area contributed by atoms with Crippen molar-refractivity contribution in [3.8, 4) is 0 Å². The molecular weight excluding hydrogens is 164 g/mol. The van der Waals surface area contributed by atoms with Crippen LogP contribution in [0.5, 0.6) is 0 Å². The summed E-state index contributed by atoms with van der Waals surface area (Å²) in [7, 11) is 0. The summed E-state index contributed by atoms with van der Waals surface area (Å²) in [5.74, 6) is -0.0519. The molecule has 62 valence electrons. The maximum absolute atomic E-state index is 10.6. The van der Waals surface area contributed by atoms with Gasteiger partial charge in [-0.05, 0) is 0 Å². The van der Waals surface area contributed by atoms with E-state index < -0.39 is 6.09 Å². The van der Waals surface area contributed by atoms with Gasteiger partial charge < -0.3 is 15.8 Å². The number of alkyl carbamates (subject to hydrolysis) is 1. The quantitative estimate of drug-likeness (QED) is 0.579. The van der Waals surface area contributed by atoms with Gasteiger partial charge in [0.05, 0.1) is 11.5 Å². The zero-order valence-corrected chi connectivity index (χ0v) is 6.98. The van der Waals surface area contributed by atoms with Crippen LogP contribution in [0.3, 0.4) is 0 Å². The standard InChI is InChI=1S/C6H10N2O2S/c1-3(5(7)11)4-2-8-6(9)10-4/h3-4H,2H2,1H3,(H2,7,11)(H,8,9). The summed E-state index contributed by atoms with van der Waals surface area (Å²) in [6.45, 7) is 2.34. The van der Waals surface area contributed by atoms with Crippen molar-refractivity contribution in [3.05, 3.63) is 0 Å². The summed E-state index contributed by atoms with van der Waals surface area (Å²) in [6.07, 6.45) is -0.585. The summed E-state index contributed by atoms with van der Waals surface area (Å²) in [5, 5.41) is 2.53. The predicted octanol–water partition coefficient (Wildman–Crippen LogP) is 0.0170. The van der Waals surface area contributed by atoms with Gasteiger partial charge in [0.15, 0.2) is 0 Å². The van der Waals surface area contributed by atoms with Crippen molar-refractivity contribution < 1.29 is 9.53 Å². The van der Waals surface area contributed by atoms with Gasteiger partial charge in [0.1, 0.15) is 6.10 Å². The van der Waals surface area contributed by atoms with Gasteiger partial charge in [-0.3, -0.25) is 0 Å². The van der Waals surface area contributed by atoms with Crippen LogP contribution in [0.4, 0.5) is 4.79 Å². The fourth-order valence-electron chi connectivity index (χ4n) is 0.867. The van der Waals surface area contributed by atoms with E-state index in [1.54, 1.807) is 0 Å². The second-order valence-electron chi connectivity index (χ2n) is 2.52. The molecule has 0 spiro atoms. The van der Waals surface area contributed by atoms with Crippen molar-refractivity contribution in [2.24, 2.45) is 11.7 Å². The van der Waals surface area contributed by atoms with Gasteiger partial charge in [0.2, 0.25) is 0 Å². The number of thiocarbonyl (C=S) groups is 1. The molecule has 1 aliphatic heterocycles. The van der Waals surface area contributed by atoms with Crippen LogP contribution in [0.15, 0.2) is 0 Å². The number of cyclic esters (lactones) is 1. The van der Waals surface area contributed by atoms with Gasteiger partial charge in [-0.1, -0.05) is 19.1 Å². The number of nitrogens with one attached hydrogen (secondary N) is 1. The fourth-order valence-corrected chi connectivity index (χ4v) is 1.02. The third-order valence-corrected chi connectivity index (χ3v) is 2.08. The first kappa shape index (κ1) is 8.26. The van der Waals surface area contributed by atoms with Crippen LogP contribution in [0.25, 0.3) is 0 Å². The molecule has 0 aromatic heterocycles. The topological polar surface area (TPSA) is 64.3 Å². The Labute approximate surface area is 70.1 Å². The normalized spacial score (nSPS) is 25.5. The van der Waals surface area contributed by atoms with Gasteiger partial charge in [0.25, 0.3) is 0 Å². The lowest BCUT2D eigenvalue weighted by Crippen LogP contribution is -2.32. The van der Waals surface area contributed by atoms with Crippen LogP contribution < -0.4 is 11.1 Å². The van der Waals surface area contributed by atoms with Crippen molar-refractivity contribution in [1.82, 2.24) is 5.32 Å². The van der Waals surface area contributed by atoms with E-state index in [4.69, 9.17) is 22.7 Å². The molecular formula is C6H10N2O2S. The van der Waals surface area contributed by atoms with Crippen LogP contribution in [0.1, 0.15) is 6.92 Å². The molecule has 4 nitrogen and oxygen atoms in total. The van der Waals surface area contributed by atoms with Crippen LogP contribution in [-0.2, 0) is 4.74 Å². The lowest BCUT2D eigenvalue weighted by molar-refractivity contribution is 0.126. The number of hydrogen-bond acceptors (Lipinski definition) is 3. The Morgan fingerprint density at radius 3 is 3.00 bits per heavy atom. The molecule has 5 heteroatoms. The van der Waals surface area contributed by atoms with E-state index in [0.29, 0.717) is 11.5 Å². The van der Waals surface area contributed by atoms with E-state index in [2.05, 4.69) is 5.32 Å². The van der Waals surface area contributed by atoms with E-state index in [0.717, 1.165) is 0 Å². The molecule has 3 N–H and O–H groups in total. The van der Waals surface area contributed by atoms with Gasteiger partial charge in [-0.2, -0.15) is 0 Å². The Morgan fingerprint density at radius 1 is 2.00 bits per heavy atom. The average molecular weight is 174 g/mol. The van der Waals surface area contributed by atoms with Gasteiger partial charge in [0, 0.05) is 5.92 Å². The Kier molecular flexibility index (Phi) is 2.28. The smallest absolute Gasteiger partial charge is 0.407 e. The highest BCUT2D eigenvalue weighted by Gasteiger charge is 2.29. The Morgan fingerprint density at radius 2 is 2.64 bits per heavy atom. The molecule has 0 aromatic carbocycles. The Balaban J connectivity index is 2.49. The molecule has 0 bridgehead atoms. The van der Waals surface area contributed by atoms with Crippen molar-refractivity contribution in [2.75, 3.05) is 6.54 Å². The number of carbonyl (C=O) groups is 1. The van der Waals surface area contributed by atoms with Gasteiger partial charge >= 0.3 is 6.09 Å². The fraction of sp³-hybridized carbons (Fsp3) is 0.667. The highest BCUT2D eigenvalue weighted by Crippen LogP contribution is 2.11. The molecule has 2 unspecified atom stereocenters. The number of rotatable bonds is 2. The van der Waals surface area contributed by atoms with Crippen LogP contribution in [-0.4, -0.2) is 23.7 Å². The van der Waals surface area contributed by atoms with E-state index in [9.17, 15) is 4.79 Å². The van der Waals surface area contributed by atoms with Crippen molar-refractivity contribution in [1.29, 1.82) is 0 Å². The second-order valence-corrected chi connectivity index (χ2v) is 2.99. The molecule has 0 saturated carbocycles. The molecule has 1 amide bonds. The van der Waals surface area contributed by atoms with E-state index >= 15 is 0 Å². The van der Waals surface area contributed by atoms with Crippen LogP contribution in [0.2, 0.25) is 0 Å². The lowest BCUT2D eigenvalue weighted by Gasteiger charge is -2.14. The van der Waals surface area contributed by atoms with Gasteiger partial charge in [-0.25, -0.2) is 4.79 Å². The Bertz CT molecular complexity index is 195. The highest BCUT2D eigenvalue weighted by atomic mass is 32.1. The monoisotopic (exact) mass is 174 g/mol. The predicted molar refractivity (Wildman–Crippen MR) is 44.2 cm³/mol. The molecule has 1 rings (SSSR count). The SMILES string of the molecule is CC(C(N)=S)C1CNC(=O)O1. The van der Waals surface area contributed by atoms with Gasteiger partial charge in [-0.15, -0.1) is 0 Å². The largest absolute Gasteiger partial charge is 0.444 e. The molecule has 1 saturated heterocycles. The summed E-state index contributed by atoms with van der Waals surface area (Å²) in [5.41, 5.74) is 5.37. The highest BCUT2D eigenvalue weighted by molar-refractivity contribution is 7.80. The van der Waals surface area contributed by atoms with E-state index in [-0.39, 0.29) is 12.0 Å². The minimum Gasteiger partial charge on any atom is -0.444 e. The first-order chi connectivity index (χ1) is 5.11. The number of carbonyl (C=O) groups excluding carboxylic acids is 1. The number of ether oxygens (including phenoxy) is 1. The Hall–Kier alpha value is -0.840. The molecule has 1 aliphatic rings. The van der Waals surface area contributed by atoms with Crippen LogP contribution >= 0.6 is 12.2 Å². The zero-order chi connectivity index (χ0) is 8.43. The third kappa shape index (κ3) is 1.80. The van der Waals surface area contributed by atoms with Crippen molar-refractivity contribution in [2.45, 2.75) is 13.0 Å². The molecule has 0 aliphatic carbocycles. The van der Waals surface area contributed by atoms with Crippen LogP contribution in [0, 0.1) is 5.92 Å². The number of nitrogens with two attached hydrogens (primary N) is 1. The lowest BCUT2D eigenvalue weighted by atomic mass is 10.1. The minimum atomic E-state index is -0.391. The first-order valence-electron chi connectivity index (χ1n) is 3.35. The number of hydrogen-bond donors (Lipinski definition) is 2. The molecule has 0 aromatic rings. The summed E-state index contributed by atoms with van der Waals surface area (Å²) < 4.78 is 4.87. The molecule has 1 heterocycles. The molecule has 11 heavy (non-hydrogen) atoms. The summed E-state index contributed by atoms with van der Waals surface area (Å²) in [4.78, 5) is 10.9. The maximum atomic E-state index is 10.6.